The number of anilines is 1. The summed E-state index contributed by atoms with van der Waals surface area (Å²) in [5.74, 6) is 0.625. The highest BCUT2D eigenvalue weighted by Crippen LogP contribution is 2.30. The first-order valence-electron chi connectivity index (χ1n) is 7.26. The van der Waals surface area contributed by atoms with Gasteiger partial charge in [-0.2, -0.15) is 0 Å². The minimum absolute atomic E-state index is 0.625. The Bertz CT molecular complexity index is 707. The van der Waals surface area contributed by atoms with Gasteiger partial charge >= 0.3 is 0 Å². The maximum absolute atomic E-state index is 6.38. The molecule has 0 radical (unpaired) electrons. The highest BCUT2D eigenvalue weighted by atomic mass is 35.5. The van der Waals surface area contributed by atoms with Crippen molar-refractivity contribution in [1.29, 1.82) is 0 Å². The molecule has 0 heterocycles. The molecule has 22 heavy (non-hydrogen) atoms. The minimum Gasteiger partial charge on any atom is -0.497 e. The molecule has 0 amide bonds. The maximum Gasteiger partial charge on any atom is 0.119 e. The van der Waals surface area contributed by atoms with Crippen LogP contribution in [0.4, 0.5) is 5.69 Å². The topological polar surface area (TPSA) is 21.3 Å². The lowest BCUT2D eigenvalue weighted by Crippen LogP contribution is -2.04. The summed E-state index contributed by atoms with van der Waals surface area (Å²) in [7, 11) is 1.61. The van der Waals surface area contributed by atoms with Crippen molar-refractivity contribution in [3.8, 4) is 0 Å². The molecule has 0 bridgehead atoms. The molecule has 1 N–H and O–H groups in total. The average Bonchev–Trinajstić information content (AvgIpc) is 2.50. The number of aryl methyl sites for hydroxylation is 2. The van der Waals surface area contributed by atoms with Crippen LogP contribution in [-0.4, -0.2) is 7.11 Å². The van der Waals surface area contributed by atoms with Crippen molar-refractivity contribution in [3.63, 3.8) is 0 Å². The summed E-state index contributed by atoms with van der Waals surface area (Å²) in [6.45, 7) is 10.9. The van der Waals surface area contributed by atoms with E-state index >= 15 is 0 Å². The van der Waals surface area contributed by atoms with E-state index in [2.05, 4.69) is 43.9 Å². The lowest BCUT2D eigenvalue weighted by Gasteiger charge is -2.15. The van der Waals surface area contributed by atoms with E-state index in [1.54, 1.807) is 7.11 Å². The molecule has 3 heteroatoms. The van der Waals surface area contributed by atoms with Crippen LogP contribution in [0.5, 0.6) is 0 Å². The zero-order valence-corrected chi connectivity index (χ0v) is 14.3. The molecule has 2 nitrogen and oxygen atoms in total. The van der Waals surface area contributed by atoms with E-state index in [0.29, 0.717) is 10.8 Å². The summed E-state index contributed by atoms with van der Waals surface area (Å²) in [6, 6.07) is 10.3. The SMILES string of the molecule is C=C(OC)c1cc(Cl)c(NCc2cccc(C)c2C)cc1C. The maximum atomic E-state index is 6.38. The van der Waals surface area contributed by atoms with Crippen LogP contribution >= 0.6 is 11.6 Å². The first-order chi connectivity index (χ1) is 10.4. The summed E-state index contributed by atoms with van der Waals surface area (Å²) < 4.78 is 5.20. The molecule has 2 aromatic carbocycles. The number of hydrogen-bond acceptors (Lipinski definition) is 2. The van der Waals surface area contributed by atoms with Gasteiger partial charge in [0.15, 0.2) is 0 Å². The van der Waals surface area contributed by atoms with Crippen molar-refractivity contribution in [1.82, 2.24) is 0 Å². The second-order valence-corrected chi connectivity index (χ2v) is 5.89. The summed E-state index contributed by atoms with van der Waals surface area (Å²) in [5.41, 5.74) is 6.83. The molecular formula is C19H22ClNO. The normalized spacial score (nSPS) is 10.4. The van der Waals surface area contributed by atoms with E-state index in [1.165, 1.54) is 16.7 Å². The van der Waals surface area contributed by atoms with Crippen molar-refractivity contribution in [3.05, 3.63) is 69.8 Å². The van der Waals surface area contributed by atoms with Gasteiger partial charge in [-0.05, 0) is 55.2 Å². The van der Waals surface area contributed by atoms with Crippen LogP contribution in [0, 0.1) is 20.8 Å². The fourth-order valence-corrected chi connectivity index (χ4v) is 2.65. The fourth-order valence-electron chi connectivity index (χ4n) is 2.42. The molecule has 0 saturated heterocycles. The standard InChI is InChI=1S/C19H22ClNO/c1-12-7-6-8-16(14(12)3)11-21-19-9-13(2)17(10-18(19)20)15(4)22-5/h6-10,21H,4,11H2,1-3,5H3. The summed E-state index contributed by atoms with van der Waals surface area (Å²) in [6.07, 6.45) is 0. The molecule has 0 aliphatic heterocycles. The number of rotatable bonds is 5. The molecule has 0 unspecified atom stereocenters. The van der Waals surface area contributed by atoms with Gasteiger partial charge in [0.2, 0.25) is 0 Å². The molecule has 0 fully saturated rings. The van der Waals surface area contributed by atoms with E-state index in [0.717, 1.165) is 23.4 Å². The number of ether oxygens (including phenoxy) is 1. The predicted molar refractivity (Wildman–Crippen MR) is 95.5 cm³/mol. The van der Waals surface area contributed by atoms with Crippen molar-refractivity contribution >= 4 is 23.0 Å². The van der Waals surface area contributed by atoms with Gasteiger partial charge in [0.05, 0.1) is 17.8 Å². The van der Waals surface area contributed by atoms with Crippen LogP contribution in [0.2, 0.25) is 5.02 Å². The number of halogens is 1. The Morgan fingerprint density at radius 3 is 2.59 bits per heavy atom. The molecule has 116 valence electrons. The smallest absolute Gasteiger partial charge is 0.119 e. The number of benzene rings is 2. The Balaban J connectivity index is 2.22. The molecule has 0 aromatic heterocycles. The van der Waals surface area contributed by atoms with E-state index in [9.17, 15) is 0 Å². The molecular weight excluding hydrogens is 294 g/mol. The molecule has 2 rings (SSSR count). The van der Waals surface area contributed by atoms with Gasteiger partial charge in [-0.1, -0.05) is 36.4 Å². The first-order valence-corrected chi connectivity index (χ1v) is 7.64. The van der Waals surface area contributed by atoms with Gasteiger partial charge in [0.1, 0.15) is 5.76 Å². The summed E-state index contributed by atoms with van der Waals surface area (Å²) in [5, 5.41) is 4.09. The van der Waals surface area contributed by atoms with Gasteiger partial charge in [-0.15, -0.1) is 0 Å². The average molecular weight is 316 g/mol. The molecule has 0 aliphatic rings. The zero-order valence-electron chi connectivity index (χ0n) is 13.6. The van der Waals surface area contributed by atoms with Crippen LogP contribution in [0.3, 0.4) is 0 Å². The molecule has 0 saturated carbocycles. The molecule has 2 aromatic rings. The predicted octanol–water partition coefficient (Wildman–Crippen LogP) is 5.49. The Kier molecular flexibility index (Phi) is 5.15. The van der Waals surface area contributed by atoms with E-state index in [-0.39, 0.29) is 0 Å². The zero-order chi connectivity index (χ0) is 16.3. The van der Waals surface area contributed by atoms with Crippen molar-refractivity contribution in [2.24, 2.45) is 0 Å². The van der Waals surface area contributed by atoms with Gasteiger partial charge < -0.3 is 10.1 Å². The lowest BCUT2D eigenvalue weighted by atomic mass is 10.0. The van der Waals surface area contributed by atoms with Gasteiger partial charge in [0, 0.05) is 12.1 Å². The number of hydrogen-bond donors (Lipinski definition) is 1. The Labute approximate surface area is 137 Å². The van der Waals surface area contributed by atoms with Crippen molar-refractivity contribution in [2.45, 2.75) is 27.3 Å². The molecule has 0 atom stereocenters. The largest absolute Gasteiger partial charge is 0.497 e. The lowest BCUT2D eigenvalue weighted by molar-refractivity contribution is 0.371. The number of nitrogens with one attached hydrogen (secondary N) is 1. The third-order valence-corrected chi connectivity index (χ3v) is 4.36. The Morgan fingerprint density at radius 1 is 1.18 bits per heavy atom. The fraction of sp³-hybridized carbons (Fsp3) is 0.263. The van der Waals surface area contributed by atoms with Crippen LogP contribution in [0.1, 0.15) is 27.8 Å². The van der Waals surface area contributed by atoms with Crippen molar-refractivity contribution in [2.75, 3.05) is 12.4 Å². The summed E-state index contributed by atoms with van der Waals surface area (Å²) >= 11 is 6.38. The monoisotopic (exact) mass is 315 g/mol. The van der Waals surface area contributed by atoms with Crippen LogP contribution < -0.4 is 5.32 Å². The minimum atomic E-state index is 0.625. The van der Waals surface area contributed by atoms with Gasteiger partial charge in [-0.3, -0.25) is 0 Å². The van der Waals surface area contributed by atoms with Gasteiger partial charge in [-0.25, -0.2) is 0 Å². The number of methoxy groups -OCH3 is 1. The van der Waals surface area contributed by atoms with E-state index in [1.807, 2.05) is 19.1 Å². The quantitative estimate of drug-likeness (QED) is 0.736. The summed E-state index contributed by atoms with van der Waals surface area (Å²) in [4.78, 5) is 0. The van der Waals surface area contributed by atoms with Crippen LogP contribution in [-0.2, 0) is 11.3 Å². The molecule has 0 aliphatic carbocycles. The van der Waals surface area contributed by atoms with Crippen LogP contribution in [0.25, 0.3) is 5.76 Å². The molecule has 0 spiro atoms. The van der Waals surface area contributed by atoms with Crippen LogP contribution in [0.15, 0.2) is 36.9 Å². The van der Waals surface area contributed by atoms with E-state index in [4.69, 9.17) is 16.3 Å². The van der Waals surface area contributed by atoms with E-state index < -0.39 is 0 Å². The highest BCUT2D eigenvalue weighted by Gasteiger charge is 2.09. The Hall–Kier alpha value is -1.93. The highest BCUT2D eigenvalue weighted by molar-refractivity contribution is 6.33. The third kappa shape index (κ3) is 3.45. The Morgan fingerprint density at radius 2 is 1.91 bits per heavy atom. The second kappa shape index (κ2) is 6.89. The van der Waals surface area contributed by atoms with Gasteiger partial charge in [0.25, 0.3) is 0 Å². The second-order valence-electron chi connectivity index (χ2n) is 5.49. The third-order valence-electron chi connectivity index (χ3n) is 4.05. The van der Waals surface area contributed by atoms with Crippen molar-refractivity contribution < 1.29 is 4.74 Å². The first kappa shape index (κ1) is 16.4.